The SMILES string of the molecule is COc1c(O)c2c(c3cc(C(=O)N4CCc5c4c(O)c(OC)c4[nH]c(C(=O)N6C[C@H]7C[C@@]78C6=CC(=O)c6[nH]cc(C)c68)cc54)[nH]c13)CCN2C(C)=O. The number of hydrogen-bond donors (Lipinski definition) is 5. The molecule has 1 saturated heterocycles. The summed E-state index contributed by atoms with van der Waals surface area (Å²) in [6.45, 7) is 4.54. The highest BCUT2D eigenvalue weighted by Crippen LogP contribution is 2.67. The maximum atomic E-state index is 14.3. The Hall–Kier alpha value is -6.18. The molecule has 14 heteroatoms. The van der Waals surface area contributed by atoms with Crippen molar-refractivity contribution in [1.82, 2.24) is 19.9 Å². The van der Waals surface area contributed by atoms with E-state index < -0.39 is 5.91 Å². The van der Waals surface area contributed by atoms with Crippen LogP contribution in [0.5, 0.6) is 23.0 Å². The van der Waals surface area contributed by atoms with Gasteiger partial charge in [0.05, 0.1) is 42.3 Å². The number of phenols is 2. The van der Waals surface area contributed by atoms with Crippen LogP contribution < -0.4 is 19.3 Å². The molecule has 3 amide bonds. The third-order valence-electron chi connectivity index (χ3n) is 11.9. The van der Waals surface area contributed by atoms with Crippen LogP contribution in [0.25, 0.3) is 21.8 Å². The number of anilines is 2. The first-order chi connectivity index (χ1) is 25.0. The molecule has 264 valence electrons. The zero-order valence-electron chi connectivity index (χ0n) is 28.8. The number of nitrogens with zero attached hydrogens (tertiary/aromatic N) is 3. The van der Waals surface area contributed by atoms with Crippen molar-refractivity contribution < 1.29 is 38.9 Å². The van der Waals surface area contributed by atoms with Crippen LogP contribution in [-0.2, 0) is 23.1 Å². The summed E-state index contributed by atoms with van der Waals surface area (Å²) in [7, 11) is 2.83. The highest BCUT2D eigenvalue weighted by atomic mass is 16.5. The van der Waals surface area contributed by atoms with E-state index in [-0.39, 0.29) is 75.5 Å². The number of carbonyl (C=O) groups is 4. The number of ketones is 1. The second kappa shape index (κ2) is 9.99. The summed E-state index contributed by atoms with van der Waals surface area (Å²) in [4.78, 5) is 68.1. The minimum absolute atomic E-state index is 0.0956. The minimum Gasteiger partial charge on any atom is -0.503 e. The highest BCUT2D eigenvalue weighted by molar-refractivity contribution is 6.15. The van der Waals surface area contributed by atoms with Crippen molar-refractivity contribution in [2.75, 3.05) is 43.7 Å². The number of aromatic nitrogens is 3. The number of phenolic OH excluding ortho intramolecular Hbond substituents is 2. The molecule has 0 bridgehead atoms. The van der Waals surface area contributed by atoms with E-state index in [1.165, 1.54) is 30.9 Å². The predicted octanol–water partition coefficient (Wildman–Crippen LogP) is 4.32. The number of benzene rings is 2. The molecule has 3 aromatic heterocycles. The van der Waals surface area contributed by atoms with Crippen LogP contribution >= 0.6 is 0 Å². The maximum absolute atomic E-state index is 14.3. The van der Waals surface area contributed by atoms with E-state index in [1.807, 2.05) is 13.1 Å². The van der Waals surface area contributed by atoms with Crippen LogP contribution in [0.15, 0.2) is 30.1 Å². The number of amides is 3. The van der Waals surface area contributed by atoms with E-state index in [4.69, 9.17) is 9.47 Å². The van der Waals surface area contributed by atoms with Crippen molar-refractivity contribution in [2.45, 2.75) is 38.5 Å². The Morgan fingerprint density at radius 1 is 0.865 bits per heavy atom. The number of methoxy groups -OCH3 is 2. The molecule has 6 heterocycles. The Labute approximate surface area is 295 Å². The first kappa shape index (κ1) is 30.6. The zero-order valence-corrected chi connectivity index (χ0v) is 28.8. The fraction of sp³-hybridized carbons (Fsp3) is 0.316. The molecule has 0 unspecified atom stereocenters. The van der Waals surface area contributed by atoms with Crippen LogP contribution in [0.2, 0.25) is 0 Å². The van der Waals surface area contributed by atoms with Crippen molar-refractivity contribution >= 4 is 56.7 Å². The van der Waals surface area contributed by atoms with Crippen LogP contribution in [0, 0.1) is 12.8 Å². The number of allylic oxidation sites excluding steroid dienone is 2. The number of piperidine rings is 1. The number of rotatable bonds is 4. The van der Waals surface area contributed by atoms with E-state index in [2.05, 4.69) is 15.0 Å². The fourth-order valence-corrected chi connectivity index (χ4v) is 9.68. The monoisotopic (exact) mass is 702 g/mol. The lowest BCUT2D eigenvalue weighted by Crippen LogP contribution is -2.34. The standard InChI is InChI=1S/C38H34N6O8/c1-15-13-39-29-24(46)11-25-38(26(15)29)12-17(38)14-44(25)37(50)23-10-21-19-6-8-43(31(19)33(48)35(52-4)28(21)41-23)36(49)22-9-20-18-5-7-42(16(2)45)30(18)32(47)34(51-3)27(20)40-22/h9-11,13,17,39-41,47-48H,5-8,12,14H2,1-4H3/t17-,38+/m1/s1. The third kappa shape index (κ3) is 3.58. The van der Waals surface area contributed by atoms with Crippen molar-refractivity contribution in [3.05, 3.63) is 69.4 Å². The molecule has 2 fully saturated rings. The molecular formula is C38H34N6O8. The summed E-state index contributed by atoms with van der Waals surface area (Å²) in [5.41, 5.74) is 6.41. The molecule has 2 atom stereocenters. The molecule has 2 aliphatic carbocycles. The van der Waals surface area contributed by atoms with Gasteiger partial charge in [0, 0.05) is 60.7 Å². The second-order valence-electron chi connectivity index (χ2n) is 14.4. The van der Waals surface area contributed by atoms with Crippen LogP contribution in [0.3, 0.4) is 0 Å². The van der Waals surface area contributed by atoms with Crippen LogP contribution in [-0.4, -0.2) is 87.4 Å². The number of fused-ring (bicyclic) bond motifs is 7. The van der Waals surface area contributed by atoms with Gasteiger partial charge >= 0.3 is 0 Å². The smallest absolute Gasteiger partial charge is 0.274 e. The van der Waals surface area contributed by atoms with Gasteiger partial charge in [-0.1, -0.05) is 0 Å². The van der Waals surface area contributed by atoms with Gasteiger partial charge in [-0.2, -0.15) is 0 Å². The molecule has 3 aliphatic heterocycles. The Bertz CT molecular complexity index is 2570. The first-order valence-electron chi connectivity index (χ1n) is 17.3. The summed E-state index contributed by atoms with van der Waals surface area (Å²) in [6.07, 6.45) is 5.22. The molecule has 5 aliphatic rings. The van der Waals surface area contributed by atoms with Gasteiger partial charge in [-0.05, 0) is 66.5 Å². The summed E-state index contributed by atoms with van der Waals surface area (Å²) < 4.78 is 11.2. The van der Waals surface area contributed by atoms with Crippen LogP contribution in [0.1, 0.15) is 67.1 Å². The largest absolute Gasteiger partial charge is 0.503 e. The van der Waals surface area contributed by atoms with E-state index in [1.54, 1.807) is 23.1 Å². The number of aromatic hydroxyl groups is 2. The Morgan fingerprint density at radius 2 is 1.42 bits per heavy atom. The number of nitrogens with one attached hydrogen (secondary N) is 3. The highest BCUT2D eigenvalue weighted by Gasteiger charge is 2.68. The quantitative estimate of drug-likeness (QED) is 0.183. The fourth-order valence-electron chi connectivity index (χ4n) is 9.68. The summed E-state index contributed by atoms with van der Waals surface area (Å²) in [5, 5.41) is 24.1. The van der Waals surface area contributed by atoms with E-state index in [0.717, 1.165) is 28.8 Å². The summed E-state index contributed by atoms with van der Waals surface area (Å²) >= 11 is 0. The van der Waals surface area contributed by atoms with E-state index >= 15 is 0 Å². The van der Waals surface area contributed by atoms with E-state index in [9.17, 15) is 29.4 Å². The van der Waals surface area contributed by atoms with Gasteiger partial charge in [-0.15, -0.1) is 0 Å². The van der Waals surface area contributed by atoms with Gasteiger partial charge in [0.25, 0.3) is 11.8 Å². The molecule has 5 aromatic rings. The number of carbonyl (C=O) groups excluding carboxylic acids is 4. The summed E-state index contributed by atoms with van der Waals surface area (Å²) in [5.74, 6) is -1.05. The number of aromatic amines is 3. The average molecular weight is 703 g/mol. The molecular weight excluding hydrogens is 668 g/mol. The van der Waals surface area contributed by atoms with Gasteiger partial charge in [-0.3, -0.25) is 19.2 Å². The molecule has 2 aromatic carbocycles. The Morgan fingerprint density at radius 3 is 2.00 bits per heavy atom. The van der Waals surface area contributed by atoms with Gasteiger partial charge in [0.15, 0.2) is 23.0 Å². The molecule has 52 heavy (non-hydrogen) atoms. The van der Waals surface area contributed by atoms with Gasteiger partial charge < -0.3 is 49.3 Å². The predicted molar refractivity (Wildman–Crippen MR) is 189 cm³/mol. The van der Waals surface area contributed by atoms with Gasteiger partial charge in [-0.25, -0.2) is 0 Å². The normalized spacial score (nSPS) is 20.9. The molecule has 0 radical (unpaired) electrons. The number of hydrogen-bond acceptors (Lipinski definition) is 8. The molecule has 10 rings (SSSR count). The van der Waals surface area contributed by atoms with Crippen molar-refractivity contribution in [3.63, 3.8) is 0 Å². The number of H-pyrrole nitrogens is 3. The number of ether oxygens (including phenoxy) is 2. The summed E-state index contributed by atoms with van der Waals surface area (Å²) in [6, 6.07) is 3.43. The zero-order chi connectivity index (χ0) is 36.1. The minimum atomic E-state index is -0.426. The molecule has 5 N–H and O–H groups in total. The van der Waals surface area contributed by atoms with E-state index in [0.29, 0.717) is 64.7 Å². The second-order valence-corrected chi connectivity index (χ2v) is 14.4. The number of aryl methyl sites for hydroxylation is 1. The molecule has 1 spiro atoms. The molecule has 14 nitrogen and oxygen atoms in total. The van der Waals surface area contributed by atoms with Crippen LogP contribution in [0.4, 0.5) is 11.4 Å². The lowest BCUT2D eigenvalue weighted by molar-refractivity contribution is -0.116. The first-order valence-corrected chi connectivity index (χ1v) is 17.3. The van der Waals surface area contributed by atoms with Gasteiger partial charge in [0.2, 0.25) is 11.7 Å². The van der Waals surface area contributed by atoms with Crippen molar-refractivity contribution in [2.24, 2.45) is 5.92 Å². The maximum Gasteiger partial charge on any atom is 0.274 e. The molecule has 1 saturated carbocycles. The third-order valence-corrected chi connectivity index (χ3v) is 11.9. The Balaban J connectivity index is 1.03. The van der Waals surface area contributed by atoms with Crippen molar-refractivity contribution in [3.8, 4) is 23.0 Å². The lowest BCUT2D eigenvalue weighted by Gasteiger charge is -2.28. The average Bonchev–Trinajstić information content (AvgIpc) is 3.85. The van der Waals surface area contributed by atoms with Gasteiger partial charge in [0.1, 0.15) is 11.4 Å². The Kier molecular flexibility index (Phi) is 5.88. The van der Waals surface area contributed by atoms with Crippen molar-refractivity contribution in [1.29, 1.82) is 0 Å². The topological polar surface area (TPSA) is 184 Å². The number of likely N-dealkylation sites (tertiary alicyclic amines) is 1. The lowest BCUT2D eigenvalue weighted by atomic mass is 9.83.